The van der Waals surface area contributed by atoms with Gasteiger partial charge in [-0.1, -0.05) is 78.9 Å². The molecule has 104 valence electrons. The van der Waals surface area contributed by atoms with Gasteiger partial charge in [-0.15, -0.1) is 0 Å². The van der Waals surface area contributed by atoms with E-state index in [0.717, 1.165) is 11.2 Å². The van der Waals surface area contributed by atoms with E-state index in [1.54, 1.807) is 0 Å². The lowest BCUT2D eigenvalue weighted by Crippen LogP contribution is -1.87. The molecule has 3 aromatic carbocycles. The van der Waals surface area contributed by atoms with Crippen LogP contribution in [0.25, 0.3) is 33.8 Å². The topological polar surface area (TPSA) is 12.9 Å². The second-order valence-electron chi connectivity index (χ2n) is 5.30. The van der Waals surface area contributed by atoms with Crippen molar-refractivity contribution in [1.82, 2.24) is 4.98 Å². The van der Waals surface area contributed by atoms with Crippen molar-refractivity contribution in [2.45, 2.75) is 0 Å². The number of fused-ring (bicyclic) bond motifs is 3. The Balaban J connectivity index is 1.94. The molecule has 0 saturated heterocycles. The van der Waals surface area contributed by atoms with E-state index in [-0.39, 0.29) is 0 Å². The summed E-state index contributed by atoms with van der Waals surface area (Å²) in [6, 6.07) is 27.1. The second-order valence-corrected chi connectivity index (χ2v) is 5.30. The van der Waals surface area contributed by atoms with Crippen LogP contribution in [0.15, 0.2) is 78.9 Å². The van der Waals surface area contributed by atoms with Crippen molar-refractivity contribution in [2.75, 3.05) is 0 Å². The van der Waals surface area contributed by atoms with E-state index in [0.29, 0.717) is 0 Å². The van der Waals surface area contributed by atoms with Gasteiger partial charge in [-0.25, -0.2) is 4.98 Å². The Kier molecular flexibility index (Phi) is 3.17. The Bertz CT molecular complexity index is 969. The molecule has 0 fully saturated rings. The predicted octanol–water partition coefficient (Wildman–Crippen LogP) is 5.56. The molecule has 0 aliphatic rings. The largest absolute Gasteiger partial charge is 0.248 e. The van der Waals surface area contributed by atoms with E-state index >= 15 is 0 Å². The quantitative estimate of drug-likeness (QED) is 0.438. The molecule has 0 bridgehead atoms. The van der Waals surface area contributed by atoms with E-state index in [1.165, 1.54) is 21.7 Å². The van der Waals surface area contributed by atoms with Crippen LogP contribution in [-0.2, 0) is 0 Å². The number of hydrogen-bond acceptors (Lipinski definition) is 1. The van der Waals surface area contributed by atoms with E-state index in [2.05, 4.69) is 66.7 Å². The summed E-state index contributed by atoms with van der Waals surface area (Å²) in [6.07, 6.45) is 4.22. The average Bonchev–Trinajstić information content (AvgIpc) is 2.60. The number of benzene rings is 3. The Morgan fingerprint density at radius 3 is 2.00 bits per heavy atom. The number of para-hydroxylation sites is 1. The van der Waals surface area contributed by atoms with E-state index in [4.69, 9.17) is 4.98 Å². The average molecular weight is 281 g/mol. The van der Waals surface area contributed by atoms with Crippen LogP contribution < -0.4 is 0 Å². The van der Waals surface area contributed by atoms with Gasteiger partial charge < -0.3 is 0 Å². The molecule has 0 saturated carbocycles. The molecule has 0 amide bonds. The van der Waals surface area contributed by atoms with Crippen LogP contribution in [0.4, 0.5) is 0 Å². The Morgan fingerprint density at radius 1 is 0.545 bits per heavy atom. The zero-order valence-corrected chi connectivity index (χ0v) is 12.1. The van der Waals surface area contributed by atoms with Crippen LogP contribution in [0.5, 0.6) is 0 Å². The molecule has 1 nitrogen and oxygen atoms in total. The van der Waals surface area contributed by atoms with E-state index in [1.807, 2.05) is 24.3 Å². The van der Waals surface area contributed by atoms with Gasteiger partial charge in [0.25, 0.3) is 0 Å². The molecule has 0 atom stereocenters. The highest BCUT2D eigenvalue weighted by Crippen LogP contribution is 2.27. The Labute approximate surface area is 129 Å². The van der Waals surface area contributed by atoms with Crippen molar-refractivity contribution >= 4 is 33.8 Å². The van der Waals surface area contributed by atoms with Gasteiger partial charge in [0.1, 0.15) is 0 Å². The van der Waals surface area contributed by atoms with Crippen molar-refractivity contribution in [1.29, 1.82) is 0 Å². The first-order chi connectivity index (χ1) is 10.9. The Hall–Kier alpha value is -2.93. The summed E-state index contributed by atoms with van der Waals surface area (Å²) < 4.78 is 0. The minimum Gasteiger partial charge on any atom is -0.248 e. The third kappa shape index (κ3) is 2.27. The first-order valence-corrected chi connectivity index (χ1v) is 7.42. The fourth-order valence-electron chi connectivity index (χ4n) is 2.80. The first-order valence-electron chi connectivity index (χ1n) is 7.42. The number of aromatic nitrogens is 1. The summed E-state index contributed by atoms with van der Waals surface area (Å²) in [4.78, 5) is 4.83. The van der Waals surface area contributed by atoms with Crippen LogP contribution >= 0.6 is 0 Å². The first kappa shape index (κ1) is 12.8. The molecule has 0 spiro atoms. The Morgan fingerprint density at radius 2 is 1.18 bits per heavy atom. The minimum atomic E-state index is 1.01. The number of hydrogen-bond donors (Lipinski definition) is 0. The summed E-state index contributed by atoms with van der Waals surface area (Å²) in [6.45, 7) is 0. The third-order valence-electron chi connectivity index (χ3n) is 3.87. The van der Waals surface area contributed by atoms with Crippen LogP contribution in [0.1, 0.15) is 11.3 Å². The summed E-state index contributed by atoms with van der Waals surface area (Å²) in [5, 5.41) is 3.64. The number of rotatable bonds is 2. The molecule has 4 rings (SSSR count). The normalized spacial score (nSPS) is 11.5. The highest BCUT2D eigenvalue weighted by molar-refractivity contribution is 6.08. The van der Waals surface area contributed by atoms with Crippen LogP contribution in [-0.4, -0.2) is 4.98 Å². The predicted molar refractivity (Wildman–Crippen MR) is 94.6 cm³/mol. The maximum atomic E-state index is 4.83. The van der Waals surface area contributed by atoms with Gasteiger partial charge in [-0.3, -0.25) is 0 Å². The fourth-order valence-corrected chi connectivity index (χ4v) is 2.80. The van der Waals surface area contributed by atoms with Crippen molar-refractivity contribution < 1.29 is 0 Å². The van der Waals surface area contributed by atoms with Gasteiger partial charge in [0.15, 0.2) is 0 Å². The maximum absolute atomic E-state index is 4.83. The molecule has 0 aliphatic carbocycles. The van der Waals surface area contributed by atoms with E-state index < -0.39 is 0 Å². The molecular formula is C21H15N. The van der Waals surface area contributed by atoms with Gasteiger partial charge in [-0.2, -0.15) is 0 Å². The molecule has 1 heteroatoms. The summed E-state index contributed by atoms with van der Waals surface area (Å²) in [7, 11) is 0. The molecule has 1 heterocycles. The lowest BCUT2D eigenvalue weighted by molar-refractivity contribution is 1.41. The van der Waals surface area contributed by atoms with Crippen molar-refractivity contribution in [2.24, 2.45) is 0 Å². The second kappa shape index (κ2) is 5.45. The summed E-state index contributed by atoms with van der Waals surface area (Å²) in [5.74, 6) is 0. The lowest BCUT2D eigenvalue weighted by Gasteiger charge is -2.06. The van der Waals surface area contributed by atoms with Gasteiger partial charge in [0, 0.05) is 10.8 Å². The van der Waals surface area contributed by atoms with Crippen molar-refractivity contribution in [3.63, 3.8) is 0 Å². The fraction of sp³-hybridized carbons (Fsp3) is 0. The highest BCUT2D eigenvalue weighted by atomic mass is 14.7. The molecule has 0 N–H and O–H groups in total. The van der Waals surface area contributed by atoms with Gasteiger partial charge in [0.05, 0.1) is 11.2 Å². The summed E-state index contributed by atoms with van der Waals surface area (Å²) >= 11 is 0. The van der Waals surface area contributed by atoms with Crippen molar-refractivity contribution in [3.8, 4) is 0 Å². The minimum absolute atomic E-state index is 1.01. The van der Waals surface area contributed by atoms with Crippen LogP contribution in [0.2, 0.25) is 0 Å². The van der Waals surface area contributed by atoms with Crippen LogP contribution in [0, 0.1) is 0 Å². The maximum Gasteiger partial charge on any atom is 0.0715 e. The molecule has 1 aromatic heterocycles. The van der Waals surface area contributed by atoms with Gasteiger partial charge >= 0.3 is 0 Å². The smallest absolute Gasteiger partial charge is 0.0715 e. The van der Waals surface area contributed by atoms with Crippen LogP contribution in [0.3, 0.4) is 0 Å². The number of nitrogens with zero attached hydrogens (tertiary/aromatic N) is 1. The summed E-state index contributed by atoms with van der Waals surface area (Å²) in [5.41, 5.74) is 3.23. The monoisotopic (exact) mass is 281 g/mol. The molecule has 0 unspecified atom stereocenters. The number of pyridine rings is 1. The zero-order chi connectivity index (χ0) is 14.8. The van der Waals surface area contributed by atoms with Gasteiger partial charge in [0.2, 0.25) is 0 Å². The molecular weight excluding hydrogens is 266 g/mol. The SMILES string of the molecule is C(=C/c1nc2ccccc2c2ccccc12)/c1ccccc1. The zero-order valence-electron chi connectivity index (χ0n) is 12.1. The third-order valence-corrected chi connectivity index (χ3v) is 3.87. The lowest BCUT2D eigenvalue weighted by atomic mass is 10.0. The standard InChI is InChI=1S/C21H15N/c1-2-8-16(9-3-1)14-15-21-19-11-5-4-10-17(19)18-12-6-7-13-20(18)22-21/h1-15H/b15-14-. The van der Waals surface area contributed by atoms with Gasteiger partial charge in [-0.05, 0) is 23.1 Å². The highest BCUT2D eigenvalue weighted by Gasteiger charge is 2.05. The molecule has 22 heavy (non-hydrogen) atoms. The van der Waals surface area contributed by atoms with E-state index in [9.17, 15) is 0 Å². The molecule has 4 aromatic rings. The van der Waals surface area contributed by atoms with Crippen molar-refractivity contribution in [3.05, 3.63) is 90.1 Å². The molecule has 0 radical (unpaired) electrons. The molecule has 0 aliphatic heterocycles.